The third-order valence-electron chi connectivity index (χ3n) is 1.75. The van der Waals surface area contributed by atoms with Crippen molar-refractivity contribution in [3.63, 3.8) is 0 Å². The monoisotopic (exact) mass is 243 g/mol. The summed E-state index contributed by atoms with van der Waals surface area (Å²) in [5.41, 5.74) is 2.30. The van der Waals surface area contributed by atoms with E-state index in [-0.39, 0.29) is 0 Å². The molecule has 1 aromatic rings. The first-order chi connectivity index (χ1) is 6.22. The highest BCUT2D eigenvalue weighted by Crippen LogP contribution is 2.08. The van der Waals surface area contributed by atoms with Gasteiger partial charge in [-0.3, -0.25) is 4.98 Å². The van der Waals surface area contributed by atoms with Crippen molar-refractivity contribution in [2.75, 3.05) is 13.7 Å². The van der Waals surface area contributed by atoms with Gasteiger partial charge in [-0.05, 0) is 18.6 Å². The summed E-state index contributed by atoms with van der Waals surface area (Å²) in [6.07, 6.45) is 2.80. The van der Waals surface area contributed by atoms with E-state index >= 15 is 0 Å². The van der Waals surface area contributed by atoms with Crippen molar-refractivity contribution >= 4 is 15.9 Å². The van der Waals surface area contributed by atoms with E-state index in [1.54, 1.807) is 7.11 Å². The molecule has 13 heavy (non-hydrogen) atoms. The molecule has 0 fully saturated rings. The van der Waals surface area contributed by atoms with Crippen LogP contribution in [0.5, 0.6) is 0 Å². The molecular formula is C10H14BrNO. The van der Waals surface area contributed by atoms with Gasteiger partial charge in [-0.2, -0.15) is 0 Å². The summed E-state index contributed by atoms with van der Waals surface area (Å²) in [4.78, 5) is 4.67. The molecule has 3 heteroatoms. The zero-order valence-corrected chi connectivity index (χ0v) is 9.54. The van der Waals surface area contributed by atoms with E-state index in [1.165, 1.54) is 5.56 Å². The molecule has 2 nitrogen and oxygen atoms in total. The Labute approximate surface area is 87.5 Å². The van der Waals surface area contributed by atoms with Gasteiger partial charge in [0.05, 0.1) is 6.61 Å². The molecule has 1 aromatic heterocycles. The lowest BCUT2D eigenvalue weighted by atomic mass is 10.2. The first-order valence-electron chi connectivity index (χ1n) is 4.27. The lowest BCUT2D eigenvalue weighted by molar-refractivity contribution is 0.200. The van der Waals surface area contributed by atoms with Gasteiger partial charge in [0.1, 0.15) is 0 Å². The summed E-state index contributed by atoms with van der Waals surface area (Å²) >= 11 is 3.53. The van der Waals surface area contributed by atoms with Crippen molar-refractivity contribution in [3.05, 3.63) is 29.6 Å². The fourth-order valence-electron chi connectivity index (χ4n) is 1.09. The van der Waals surface area contributed by atoms with E-state index in [0.29, 0.717) is 4.83 Å². The summed E-state index contributed by atoms with van der Waals surface area (Å²) < 4.78 is 5.02. The largest absolute Gasteiger partial charge is 0.384 e. The van der Waals surface area contributed by atoms with Crippen molar-refractivity contribution in [3.8, 4) is 0 Å². The van der Waals surface area contributed by atoms with Crippen molar-refractivity contribution in [1.29, 1.82) is 0 Å². The predicted octanol–water partition coefficient (Wildman–Crippen LogP) is 2.34. The Morgan fingerprint density at radius 1 is 1.54 bits per heavy atom. The standard InChI is InChI=1S/C10H14BrNO/c1-8-3-4-10(12-6-8)5-9(11)7-13-2/h3-4,6,9H,5,7H2,1-2H3. The van der Waals surface area contributed by atoms with Gasteiger partial charge < -0.3 is 4.74 Å². The molecule has 0 saturated carbocycles. The Bertz CT molecular complexity index is 248. The Kier molecular flexibility index (Phi) is 4.39. The van der Waals surface area contributed by atoms with Crippen LogP contribution in [-0.2, 0) is 11.2 Å². The molecule has 0 amide bonds. The number of methoxy groups -OCH3 is 1. The second-order valence-corrected chi connectivity index (χ2v) is 4.38. The molecule has 0 aromatic carbocycles. The predicted molar refractivity (Wildman–Crippen MR) is 57.3 cm³/mol. The second-order valence-electron chi connectivity index (χ2n) is 3.08. The molecule has 0 bridgehead atoms. The molecule has 0 saturated heterocycles. The summed E-state index contributed by atoms with van der Waals surface area (Å²) in [7, 11) is 1.71. The van der Waals surface area contributed by atoms with Crippen LogP contribution in [0.15, 0.2) is 18.3 Å². The van der Waals surface area contributed by atoms with Gasteiger partial charge in [-0.15, -0.1) is 0 Å². The minimum absolute atomic E-state index is 0.354. The van der Waals surface area contributed by atoms with Crippen molar-refractivity contribution < 1.29 is 4.74 Å². The van der Waals surface area contributed by atoms with E-state index in [2.05, 4.69) is 33.0 Å². The average molecular weight is 244 g/mol. The normalized spacial score (nSPS) is 12.8. The first kappa shape index (κ1) is 10.7. The molecule has 1 heterocycles. The molecule has 1 unspecified atom stereocenters. The summed E-state index contributed by atoms with van der Waals surface area (Å²) in [5.74, 6) is 0. The Hall–Kier alpha value is -0.410. The molecule has 1 rings (SSSR count). The number of alkyl halides is 1. The number of hydrogen-bond donors (Lipinski definition) is 0. The van der Waals surface area contributed by atoms with Crippen LogP contribution in [0, 0.1) is 6.92 Å². The molecule has 0 N–H and O–H groups in total. The van der Waals surface area contributed by atoms with Gasteiger partial charge in [-0.1, -0.05) is 22.0 Å². The molecule has 0 aliphatic carbocycles. The number of rotatable bonds is 4. The third kappa shape index (κ3) is 3.87. The molecule has 0 aliphatic rings. The summed E-state index contributed by atoms with van der Waals surface area (Å²) in [5, 5.41) is 0. The van der Waals surface area contributed by atoms with Gasteiger partial charge >= 0.3 is 0 Å². The molecule has 1 atom stereocenters. The van der Waals surface area contributed by atoms with Gasteiger partial charge in [0.2, 0.25) is 0 Å². The van der Waals surface area contributed by atoms with Gasteiger partial charge in [-0.25, -0.2) is 0 Å². The van der Waals surface area contributed by atoms with Crippen LogP contribution in [0.1, 0.15) is 11.3 Å². The number of aryl methyl sites for hydroxylation is 1. The van der Waals surface area contributed by atoms with Crippen LogP contribution in [0.2, 0.25) is 0 Å². The maximum absolute atomic E-state index is 5.02. The highest BCUT2D eigenvalue weighted by atomic mass is 79.9. The number of halogens is 1. The number of ether oxygens (including phenoxy) is 1. The van der Waals surface area contributed by atoms with E-state index in [9.17, 15) is 0 Å². The topological polar surface area (TPSA) is 22.1 Å². The van der Waals surface area contributed by atoms with E-state index < -0.39 is 0 Å². The van der Waals surface area contributed by atoms with Crippen LogP contribution in [0.4, 0.5) is 0 Å². The SMILES string of the molecule is COCC(Br)Cc1ccc(C)cn1. The fraction of sp³-hybridized carbons (Fsp3) is 0.500. The van der Waals surface area contributed by atoms with Crippen LogP contribution in [-0.4, -0.2) is 23.5 Å². The molecule has 0 spiro atoms. The minimum atomic E-state index is 0.354. The van der Waals surface area contributed by atoms with Gasteiger partial charge in [0.15, 0.2) is 0 Å². The Morgan fingerprint density at radius 2 is 2.31 bits per heavy atom. The lowest BCUT2D eigenvalue weighted by Crippen LogP contribution is -2.10. The number of pyridine rings is 1. The zero-order chi connectivity index (χ0) is 9.68. The fourth-order valence-corrected chi connectivity index (χ4v) is 1.68. The second kappa shape index (κ2) is 5.35. The van der Waals surface area contributed by atoms with Crippen molar-refractivity contribution in [2.24, 2.45) is 0 Å². The van der Waals surface area contributed by atoms with Gasteiger partial charge in [0.25, 0.3) is 0 Å². The van der Waals surface area contributed by atoms with Crippen LogP contribution in [0.25, 0.3) is 0 Å². The minimum Gasteiger partial charge on any atom is -0.384 e. The average Bonchev–Trinajstić information content (AvgIpc) is 2.09. The zero-order valence-electron chi connectivity index (χ0n) is 7.96. The number of nitrogens with zero attached hydrogens (tertiary/aromatic N) is 1. The Balaban J connectivity index is 2.49. The highest BCUT2D eigenvalue weighted by molar-refractivity contribution is 9.09. The smallest absolute Gasteiger partial charge is 0.0591 e. The number of hydrogen-bond acceptors (Lipinski definition) is 2. The highest BCUT2D eigenvalue weighted by Gasteiger charge is 2.05. The summed E-state index contributed by atoms with van der Waals surface area (Å²) in [6.45, 7) is 2.76. The van der Waals surface area contributed by atoms with E-state index in [0.717, 1.165) is 18.7 Å². The van der Waals surface area contributed by atoms with Crippen LogP contribution in [0.3, 0.4) is 0 Å². The molecule has 0 aliphatic heterocycles. The first-order valence-corrected chi connectivity index (χ1v) is 5.18. The Morgan fingerprint density at radius 3 is 2.85 bits per heavy atom. The lowest BCUT2D eigenvalue weighted by Gasteiger charge is -2.07. The van der Waals surface area contributed by atoms with Crippen LogP contribution >= 0.6 is 15.9 Å². The van der Waals surface area contributed by atoms with Crippen LogP contribution < -0.4 is 0 Å². The van der Waals surface area contributed by atoms with E-state index in [4.69, 9.17) is 4.74 Å². The molecule has 0 radical (unpaired) electrons. The van der Waals surface area contributed by atoms with Gasteiger partial charge in [0, 0.05) is 30.2 Å². The molecule has 72 valence electrons. The van der Waals surface area contributed by atoms with Crippen molar-refractivity contribution in [2.45, 2.75) is 18.2 Å². The van der Waals surface area contributed by atoms with Crippen molar-refractivity contribution in [1.82, 2.24) is 4.98 Å². The molecular weight excluding hydrogens is 230 g/mol. The summed E-state index contributed by atoms with van der Waals surface area (Å²) in [6, 6.07) is 4.13. The maximum atomic E-state index is 5.02. The third-order valence-corrected chi connectivity index (χ3v) is 2.34. The maximum Gasteiger partial charge on any atom is 0.0591 e. The quantitative estimate of drug-likeness (QED) is 0.758. The van der Waals surface area contributed by atoms with E-state index in [1.807, 2.05) is 13.1 Å². The number of aromatic nitrogens is 1.